The first-order valence-electron chi connectivity index (χ1n) is 5.70. The molecule has 0 aliphatic heterocycles. The molecule has 1 aromatic rings. The van der Waals surface area contributed by atoms with Crippen LogP contribution in [0.2, 0.25) is 0 Å². The maximum Gasteiger partial charge on any atom is 0.0701 e. The molecule has 0 spiro atoms. The van der Waals surface area contributed by atoms with Crippen molar-refractivity contribution < 1.29 is 0 Å². The van der Waals surface area contributed by atoms with Crippen molar-refractivity contribution in [2.24, 2.45) is 0 Å². The summed E-state index contributed by atoms with van der Waals surface area (Å²) in [6.45, 7) is 3.26. The second kappa shape index (κ2) is 7.89. The first-order valence-corrected chi connectivity index (χ1v) is 7.31. The Hall–Kier alpha value is -0.300. The van der Waals surface area contributed by atoms with Crippen molar-refractivity contribution in [1.82, 2.24) is 5.32 Å². The van der Waals surface area contributed by atoms with Gasteiger partial charge in [-0.25, -0.2) is 0 Å². The van der Waals surface area contributed by atoms with E-state index < -0.39 is 0 Å². The molecular formula is C13H18BrNS. The number of terminal acetylenes is 1. The Labute approximate surface area is 111 Å². The molecule has 1 atom stereocenters. The van der Waals surface area contributed by atoms with Crippen LogP contribution >= 0.6 is 27.3 Å². The fourth-order valence-electron chi connectivity index (χ4n) is 1.59. The standard InChI is InChI=1S/C13H18BrNS/c1-3-5-6-7-11(15-10-4-2)12-8-9-13(14)16-12/h1,8-9,11,15H,4-7,10H2,2H3. The third-order valence-corrected chi connectivity index (χ3v) is 4.13. The van der Waals surface area contributed by atoms with Crippen LogP contribution in [0.4, 0.5) is 0 Å². The lowest BCUT2D eigenvalue weighted by Gasteiger charge is -2.16. The molecular weight excluding hydrogens is 282 g/mol. The lowest BCUT2D eigenvalue weighted by atomic mass is 10.1. The van der Waals surface area contributed by atoms with Gasteiger partial charge in [-0.2, -0.15) is 0 Å². The highest BCUT2D eigenvalue weighted by Crippen LogP contribution is 2.29. The molecule has 0 aliphatic rings. The van der Waals surface area contributed by atoms with Crippen LogP contribution in [-0.2, 0) is 0 Å². The third-order valence-electron chi connectivity index (χ3n) is 2.39. The summed E-state index contributed by atoms with van der Waals surface area (Å²) >= 11 is 5.32. The molecule has 0 aromatic carbocycles. The van der Waals surface area contributed by atoms with Gasteiger partial charge in [0.15, 0.2) is 0 Å². The number of halogens is 1. The second-order valence-corrected chi connectivity index (χ2v) is 6.24. The Bertz CT molecular complexity index is 340. The molecule has 0 radical (unpaired) electrons. The van der Waals surface area contributed by atoms with E-state index in [1.807, 2.05) is 0 Å². The smallest absolute Gasteiger partial charge is 0.0701 e. The third kappa shape index (κ3) is 4.69. The van der Waals surface area contributed by atoms with Gasteiger partial charge in [-0.05, 0) is 53.9 Å². The quantitative estimate of drug-likeness (QED) is 0.583. The number of rotatable bonds is 7. The zero-order valence-electron chi connectivity index (χ0n) is 9.63. The number of thiophene rings is 1. The minimum Gasteiger partial charge on any atom is -0.309 e. The van der Waals surface area contributed by atoms with Gasteiger partial charge in [0.2, 0.25) is 0 Å². The van der Waals surface area contributed by atoms with Gasteiger partial charge in [0.1, 0.15) is 0 Å². The summed E-state index contributed by atoms with van der Waals surface area (Å²) in [5.74, 6) is 2.70. The van der Waals surface area contributed by atoms with Crippen LogP contribution in [0.5, 0.6) is 0 Å². The summed E-state index contributed by atoms with van der Waals surface area (Å²) < 4.78 is 1.20. The molecule has 1 nitrogen and oxygen atoms in total. The Morgan fingerprint density at radius 2 is 2.38 bits per heavy atom. The lowest BCUT2D eigenvalue weighted by molar-refractivity contribution is 0.494. The monoisotopic (exact) mass is 299 g/mol. The van der Waals surface area contributed by atoms with E-state index in [1.165, 1.54) is 8.66 Å². The van der Waals surface area contributed by atoms with Crippen molar-refractivity contribution in [3.05, 3.63) is 20.8 Å². The first kappa shape index (κ1) is 13.8. The molecule has 0 saturated heterocycles. The van der Waals surface area contributed by atoms with Crippen molar-refractivity contribution in [1.29, 1.82) is 0 Å². The molecule has 88 valence electrons. The molecule has 0 fully saturated rings. The van der Waals surface area contributed by atoms with Crippen LogP contribution in [0.15, 0.2) is 15.9 Å². The molecule has 1 N–H and O–H groups in total. The SMILES string of the molecule is C#CCCCC(NCCC)c1ccc(Br)s1. The fraction of sp³-hybridized carbons (Fsp3) is 0.538. The molecule has 0 aliphatic carbocycles. The minimum atomic E-state index is 0.463. The molecule has 16 heavy (non-hydrogen) atoms. The van der Waals surface area contributed by atoms with Crippen LogP contribution in [0.25, 0.3) is 0 Å². The molecule has 0 saturated carbocycles. The van der Waals surface area contributed by atoms with E-state index in [0.717, 1.165) is 32.2 Å². The van der Waals surface area contributed by atoms with Crippen LogP contribution in [0, 0.1) is 12.3 Å². The number of hydrogen-bond acceptors (Lipinski definition) is 2. The Morgan fingerprint density at radius 3 is 2.94 bits per heavy atom. The Balaban J connectivity index is 2.53. The average Bonchev–Trinajstić information content (AvgIpc) is 2.70. The highest BCUT2D eigenvalue weighted by Gasteiger charge is 2.12. The van der Waals surface area contributed by atoms with E-state index in [-0.39, 0.29) is 0 Å². The number of unbranched alkanes of at least 4 members (excludes halogenated alkanes) is 1. The van der Waals surface area contributed by atoms with Gasteiger partial charge in [-0.15, -0.1) is 23.7 Å². The summed E-state index contributed by atoms with van der Waals surface area (Å²) in [5.41, 5.74) is 0. The van der Waals surface area contributed by atoms with E-state index in [9.17, 15) is 0 Å². The maximum absolute atomic E-state index is 5.28. The van der Waals surface area contributed by atoms with Crippen molar-refractivity contribution in [2.45, 2.75) is 38.6 Å². The van der Waals surface area contributed by atoms with Crippen molar-refractivity contribution in [3.63, 3.8) is 0 Å². The van der Waals surface area contributed by atoms with Crippen molar-refractivity contribution in [3.8, 4) is 12.3 Å². The van der Waals surface area contributed by atoms with E-state index in [2.05, 4.69) is 46.2 Å². The van der Waals surface area contributed by atoms with E-state index in [0.29, 0.717) is 6.04 Å². The lowest BCUT2D eigenvalue weighted by Crippen LogP contribution is -2.21. The molecule has 0 amide bonds. The zero-order valence-corrected chi connectivity index (χ0v) is 12.0. The predicted octanol–water partition coefficient (Wildman–Crippen LogP) is 4.35. The van der Waals surface area contributed by atoms with Gasteiger partial charge in [0.05, 0.1) is 3.79 Å². The fourth-order valence-corrected chi connectivity index (χ4v) is 3.12. The van der Waals surface area contributed by atoms with Gasteiger partial charge in [0, 0.05) is 17.3 Å². The zero-order chi connectivity index (χ0) is 11.8. The molecule has 1 unspecified atom stereocenters. The summed E-state index contributed by atoms with van der Waals surface area (Å²) in [4.78, 5) is 1.40. The highest BCUT2D eigenvalue weighted by molar-refractivity contribution is 9.11. The van der Waals surface area contributed by atoms with Crippen LogP contribution in [0.1, 0.15) is 43.5 Å². The molecule has 1 rings (SSSR count). The minimum absolute atomic E-state index is 0.463. The highest BCUT2D eigenvalue weighted by atomic mass is 79.9. The second-order valence-electron chi connectivity index (χ2n) is 3.74. The molecule has 1 aromatic heterocycles. The molecule has 1 heterocycles. The van der Waals surface area contributed by atoms with E-state index >= 15 is 0 Å². The van der Waals surface area contributed by atoms with Crippen LogP contribution in [0.3, 0.4) is 0 Å². The molecule has 3 heteroatoms. The Kier molecular flexibility index (Phi) is 6.79. The van der Waals surface area contributed by atoms with Crippen molar-refractivity contribution in [2.75, 3.05) is 6.54 Å². The number of hydrogen-bond donors (Lipinski definition) is 1. The van der Waals surface area contributed by atoms with Crippen LogP contribution < -0.4 is 5.32 Å². The summed E-state index contributed by atoms with van der Waals surface area (Å²) in [7, 11) is 0. The summed E-state index contributed by atoms with van der Waals surface area (Å²) in [6.07, 6.45) is 9.53. The Morgan fingerprint density at radius 1 is 1.56 bits per heavy atom. The largest absolute Gasteiger partial charge is 0.309 e. The van der Waals surface area contributed by atoms with Crippen LogP contribution in [-0.4, -0.2) is 6.54 Å². The number of nitrogens with one attached hydrogen (secondary N) is 1. The van der Waals surface area contributed by atoms with Crippen molar-refractivity contribution >= 4 is 27.3 Å². The van der Waals surface area contributed by atoms with Gasteiger partial charge >= 0.3 is 0 Å². The molecule has 0 bridgehead atoms. The van der Waals surface area contributed by atoms with Gasteiger partial charge in [-0.3, -0.25) is 0 Å². The average molecular weight is 300 g/mol. The van der Waals surface area contributed by atoms with E-state index in [4.69, 9.17) is 6.42 Å². The van der Waals surface area contributed by atoms with Gasteiger partial charge in [-0.1, -0.05) is 6.92 Å². The van der Waals surface area contributed by atoms with Gasteiger partial charge < -0.3 is 5.32 Å². The summed E-state index contributed by atoms with van der Waals surface area (Å²) in [5, 5.41) is 3.58. The first-order chi connectivity index (χ1) is 7.77. The maximum atomic E-state index is 5.28. The van der Waals surface area contributed by atoms with E-state index in [1.54, 1.807) is 11.3 Å². The predicted molar refractivity (Wildman–Crippen MR) is 75.7 cm³/mol. The van der Waals surface area contributed by atoms with Gasteiger partial charge in [0.25, 0.3) is 0 Å². The summed E-state index contributed by atoms with van der Waals surface area (Å²) in [6, 6.07) is 4.77. The topological polar surface area (TPSA) is 12.0 Å². The normalized spacial score (nSPS) is 12.3.